The molecule has 1 aliphatic heterocycles. The molecule has 2 heterocycles. The second-order valence-corrected chi connectivity index (χ2v) is 19.4. The monoisotopic (exact) mass is 823 g/mol. The first-order chi connectivity index (χ1) is 26.7. The summed E-state index contributed by atoms with van der Waals surface area (Å²) >= 11 is 6.36. The van der Waals surface area contributed by atoms with Crippen LogP contribution in [0, 0.1) is 11.3 Å². The maximum atomic E-state index is 14.4. The number of esters is 1. The number of imide groups is 1. The van der Waals surface area contributed by atoms with E-state index < -0.39 is 79.6 Å². The average molecular weight is 824 g/mol. The van der Waals surface area contributed by atoms with E-state index in [1.165, 1.54) is 13.3 Å². The number of carbonyl (C=O) groups excluding carboxylic acids is 4. The standard InChI is InChI=1S/C41H50ClN5O9S/c1-9-24-20-41(24,38(51)46-57(52,53)28-15-16-28)47-22-27(55-36-30-18-25(42)12-17-29(30)32(54-8)21-43-36)19-31(47)34(48)45-35(49)33(39(2,3)4)44-26-13-10-23(11-14-26)37(50)56-40(5,6)7/h9-14,17-18,21,24,27-28,31,33,44H,1,15-16,19-20,22H2,2-8H3,(H,46,51)(H,45,48,49)/t24-,27-,31+,33+,41-/m1/s1. The van der Waals surface area contributed by atoms with Crippen molar-refractivity contribution >= 4 is 61.8 Å². The van der Waals surface area contributed by atoms with Crippen LogP contribution >= 0.6 is 11.6 Å². The van der Waals surface area contributed by atoms with Gasteiger partial charge in [0, 0.05) is 40.4 Å². The van der Waals surface area contributed by atoms with E-state index in [0.717, 1.165) is 0 Å². The Balaban J connectivity index is 1.28. The second kappa shape index (κ2) is 15.6. The van der Waals surface area contributed by atoms with Crippen LogP contribution in [0.2, 0.25) is 5.02 Å². The lowest BCUT2D eigenvalue weighted by Crippen LogP contribution is -2.59. The minimum absolute atomic E-state index is 0.0221. The summed E-state index contributed by atoms with van der Waals surface area (Å²) in [5.74, 6) is -2.33. The maximum Gasteiger partial charge on any atom is 0.338 e. The molecule has 3 fully saturated rings. The number of pyridine rings is 1. The van der Waals surface area contributed by atoms with Crippen LogP contribution in [-0.2, 0) is 29.1 Å². The van der Waals surface area contributed by atoms with Crippen molar-refractivity contribution in [1.82, 2.24) is 19.9 Å². The van der Waals surface area contributed by atoms with Gasteiger partial charge in [0.2, 0.25) is 27.7 Å². The van der Waals surface area contributed by atoms with E-state index in [1.54, 1.807) is 74.2 Å². The molecule has 1 aromatic heterocycles. The number of anilines is 1. The van der Waals surface area contributed by atoms with Crippen molar-refractivity contribution in [1.29, 1.82) is 0 Å². The number of ether oxygens (including phenoxy) is 3. The quantitative estimate of drug-likeness (QED) is 0.148. The van der Waals surface area contributed by atoms with Gasteiger partial charge >= 0.3 is 5.97 Å². The molecule has 2 aliphatic carbocycles. The van der Waals surface area contributed by atoms with Crippen LogP contribution in [0.15, 0.2) is 61.3 Å². The zero-order valence-corrected chi connectivity index (χ0v) is 34.8. The van der Waals surface area contributed by atoms with E-state index in [0.29, 0.717) is 45.6 Å². The number of aromatic nitrogens is 1. The number of likely N-dealkylation sites (tertiary alicyclic amines) is 1. The van der Waals surface area contributed by atoms with E-state index in [4.69, 9.17) is 25.8 Å². The van der Waals surface area contributed by atoms with Gasteiger partial charge in [-0.25, -0.2) is 18.2 Å². The highest BCUT2D eigenvalue weighted by Gasteiger charge is 2.67. The van der Waals surface area contributed by atoms with E-state index in [9.17, 15) is 27.6 Å². The van der Waals surface area contributed by atoms with E-state index in [-0.39, 0.29) is 25.3 Å². The fourth-order valence-electron chi connectivity index (χ4n) is 7.27. The van der Waals surface area contributed by atoms with Crippen molar-refractivity contribution in [2.24, 2.45) is 11.3 Å². The van der Waals surface area contributed by atoms with Gasteiger partial charge in [-0.05, 0) is 87.9 Å². The Morgan fingerprint density at radius 1 is 1.04 bits per heavy atom. The SMILES string of the molecule is C=C[C@@H]1C[C@@]1(C(=O)NS(=O)(=O)C1CC1)N1C[C@H](Oc2ncc(OC)c3ccc(Cl)cc23)C[C@H]1C(=O)NC(=O)[C@H](Nc1ccc(C(=O)OC(C)(C)C)cc1)C(C)(C)C. The molecule has 57 heavy (non-hydrogen) atoms. The van der Waals surface area contributed by atoms with Crippen LogP contribution in [0.3, 0.4) is 0 Å². The number of sulfonamides is 1. The number of halogens is 1. The van der Waals surface area contributed by atoms with E-state index in [2.05, 4.69) is 26.9 Å². The Morgan fingerprint density at radius 3 is 2.30 bits per heavy atom. The number of benzene rings is 2. The van der Waals surface area contributed by atoms with Gasteiger partial charge in [-0.15, -0.1) is 6.58 Å². The number of hydrogen-bond donors (Lipinski definition) is 3. The highest BCUT2D eigenvalue weighted by atomic mass is 35.5. The van der Waals surface area contributed by atoms with Gasteiger partial charge in [0.05, 0.1) is 30.2 Å². The topological polar surface area (TPSA) is 182 Å². The summed E-state index contributed by atoms with van der Waals surface area (Å²) in [4.78, 5) is 61.2. The third-order valence-corrected chi connectivity index (χ3v) is 12.5. The number of hydrogen-bond acceptors (Lipinski definition) is 12. The summed E-state index contributed by atoms with van der Waals surface area (Å²) in [6, 6.07) is 9.63. The molecule has 306 valence electrons. The number of rotatable bonds is 13. The second-order valence-electron chi connectivity index (χ2n) is 17.0. The Kier molecular flexibility index (Phi) is 11.4. The van der Waals surface area contributed by atoms with Crippen LogP contribution in [0.4, 0.5) is 5.69 Å². The molecule has 0 radical (unpaired) electrons. The third-order valence-electron chi connectivity index (χ3n) is 10.4. The van der Waals surface area contributed by atoms with Crippen LogP contribution < -0.4 is 24.8 Å². The van der Waals surface area contributed by atoms with Gasteiger partial charge in [0.1, 0.15) is 29.0 Å². The van der Waals surface area contributed by atoms with Crippen molar-refractivity contribution in [3.63, 3.8) is 0 Å². The summed E-state index contributed by atoms with van der Waals surface area (Å²) in [5, 5.41) is 6.83. The molecular formula is C41H50ClN5O9S. The lowest BCUT2D eigenvalue weighted by atomic mass is 9.85. The normalized spacial score (nSPS) is 22.9. The zero-order valence-electron chi connectivity index (χ0n) is 33.2. The summed E-state index contributed by atoms with van der Waals surface area (Å²) < 4.78 is 45.7. The Hall–Kier alpha value is -4.73. The van der Waals surface area contributed by atoms with Crippen LogP contribution in [-0.4, -0.2) is 90.2 Å². The average Bonchev–Trinajstić information content (AvgIpc) is 4.06. The smallest absolute Gasteiger partial charge is 0.338 e. The Bertz CT molecular complexity index is 2200. The van der Waals surface area contributed by atoms with E-state index in [1.807, 2.05) is 20.8 Å². The largest absolute Gasteiger partial charge is 0.494 e. The lowest BCUT2D eigenvalue weighted by molar-refractivity contribution is -0.136. The number of amides is 3. The van der Waals surface area contributed by atoms with Crippen molar-refractivity contribution in [2.75, 3.05) is 19.0 Å². The van der Waals surface area contributed by atoms with Crippen molar-refractivity contribution < 1.29 is 41.8 Å². The molecule has 2 aromatic carbocycles. The third kappa shape index (κ3) is 9.05. The lowest BCUT2D eigenvalue weighted by Gasteiger charge is -2.34. The number of fused-ring (bicyclic) bond motifs is 1. The molecule has 6 rings (SSSR count). The summed E-state index contributed by atoms with van der Waals surface area (Å²) in [5.41, 5.74) is -1.96. The van der Waals surface area contributed by atoms with Gasteiger partial charge in [-0.3, -0.25) is 29.3 Å². The minimum atomic E-state index is -3.93. The van der Waals surface area contributed by atoms with Gasteiger partial charge in [0.15, 0.2) is 0 Å². The molecule has 2 saturated carbocycles. The van der Waals surface area contributed by atoms with Crippen molar-refractivity contribution in [2.45, 2.75) is 102 Å². The molecule has 0 unspecified atom stereocenters. The molecule has 5 atom stereocenters. The Labute approximate surface area is 338 Å². The number of carbonyl (C=O) groups is 4. The van der Waals surface area contributed by atoms with Gasteiger partial charge in [-0.2, -0.15) is 0 Å². The van der Waals surface area contributed by atoms with Crippen LogP contribution in [0.5, 0.6) is 11.6 Å². The van der Waals surface area contributed by atoms with Gasteiger partial charge in [-0.1, -0.05) is 38.4 Å². The number of nitrogens with one attached hydrogen (secondary N) is 3. The van der Waals surface area contributed by atoms with Crippen molar-refractivity contribution in [3.05, 3.63) is 71.9 Å². The fraction of sp³-hybridized carbons (Fsp3) is 0.488. The van der Waals surface area contributed by atoms with Gasteiger partial charge < -0.3 is 19.5 Å². The van der Waals surface area contributed by atoms with Crippen molar-refractivity contribution in [3.8, 4) is 11.6 Å². The van der Waals surface area contributed by atoms with Gasteiger partial charge in [0.25, 0.3) is 5.91 Å². The molecule has 3 aromatic rings. The molecular weight excluding hydrogens is 774 g/mol. The molecule has 0 spiro atoms. The first kappa shape index (κ1) is 41.9. The first-order valence-corrected chi connectivity index (χ1v) is 20.8. The highest BCUT2D eigenvalue weighted by Crippen LogP contribution is 2.53. The predicted molar refractivity (Wildman–Crippen MR) is 216 cm³/mol. The van der Waals surface area contributed by atoms with E-state index >= 15 is 0 Å². The number of methoxy groups -OCH3 is 1. The Morgan fingerprint density at radius 2 is 1.72 bits per heavy atom. The summed E-state index contributed by atoms with van der Waals surface area (Å²) in [7, 11) is -2.41. The zero-order chi connectivity index (χ0) is 41.7. The van der Waals surface area contributed by atoms with Crippen LogP contribution in [0.1, 0.15) is 77.6 Å². The maximum absolute atomic E-state index is 14.4. The summed E-state index contributed by atoms with van der Waals surface area (Å²) in [6.07, 6.45) is 3.51. The highest BCUT2D eigenvalue weighted by molar-refractivity contribution is 7.91. The fourth-order valence-corrected chi connectivity index (χ4v) is 8.80. The number of nitrogens with zero attached hydrogens (tertiary/aromatic N) is 2. The molecule has 14 nitrogen and oxygen atoms in total. The molecule has 16 heteroatoms. The molecule has 0 bridgehead atoms. The molecule has 3 amide bonds. The molecule has 3 N–H and O–H groups in total. The van der Waals surface area contributed by atoms with Crippen LogP contribution in [0.25, 0.3) is 10.8 Å². The summed E-state index contributed by atoms with van der Waals surface area (Å²) in [6.45, 7) is 14.8. The predicted octanol–water partition coefficient (Wildman–Crippen LogP) is 5.40. The molecule has 3 aliphatic rings. The molecule has 1 saturated heterocycles. The first-order valence-electron chi connectivity index (χ1n) is 18.9. The minimum Gasteiger partial charge on any atom is -0.494 e.